The first-order valence-electron chi connectivity index (χ1n) is 8.28. The van der Waals surface area contributed by atoms with Gasteiger partial charge in [-0.2, -0.15) is 0 Å². The number of rotatable bonds is 4. The molecule has 6 heteroatoms. The molecule has 0 bridgehead atoms. The van der Waals surface area contributed by atoms with E-state index < -0.39 is 0 Å². The summed E-state index contributed by atoms with van der Waals surface area (Å²) in [6.45, 7) is 1.89. The lowest BCUT2D eigenvalue weighted by atomic mass is 9.96. The predicted octanol–water partition coefficient (Wildman–Crippen LogP) is 4.44. The Morgan fingerprint density at radius 3 is 2.62 bits per heavy atom. The van der Waals surface area contributed by atoms with Crippen molar-refractivity contribution < 1.29 is 4.79 Å². The SMILES string of the molecule is Cc1cc(Cl)ccc1NC(=O)c1cnc(NC2CCCCC2)cn1. The summed E-state index contributed by atoms with van der Waals surface area (Å²) in [5.74, 6) is 0.443. The number of nitrogens with zero attached hydrogens (tertiary/aromatic N) is 2. The number of halogens is 1. The molecule has 3 rings (SSSR count). The molecule has 0 atom stereocenters. The maximum absolute atomic E-state index is 12.3. The Labute approximate surface area is 146 Å². The highest BCUT2D eigenvalue weighted by molar-refractivity contribution is 6.30. The number of aryl methyl sites for hydroxylation is 1. The van der Waals surface area contributed by atoms with Crippen LogP contribution in [0.1, 0.15) is 48.2 Å². The topological polar surface area (TPSA) is 66.9 Å². The lowest BCUT2D eigenvalue weighted by Crippen LogP contribution is -2.23. The molecular weight excluding hydrogens is 324 g/mol. The van der Waals surface area contributed by atoms with Crippen molar-refractivity contribution in [2.75, 3.05) is 10.6 Å². The summed E-state index contributed by atoms with van der Waals surface area (Å²) in [4.78, 5) is 20.8. The maximum atomic E-state index is 12.3. The number of carbonyl (C=O) groups excluding carboxylic acids is 1. The van der Waals surface area contributed by atoms with Gasteiger partial charge in [-0.1, -0.05) is 30.9 Å². The van der Waals surface area contributed by atoms with E-state index in [1.807, 2.05) is 6.92 Å². The van der Waals surface area contributed by atoms with Gasteiger partial charge in [-0.15, -0.1) is 0 Å². The van der Waals surface area contributed by atoms with E-state index in [1.54, 1.807) is 24.4 Å². The van der Waals surface area contributed by atoms with E-state index in [9.17, 15) is 4.79 Å². The highest BCUT2D eigenvalue weighted by Crippen LogP contribution is 2.21. The van der Waals surface area contributed by atoms with E-state index in [0.29, 0.717) is 16.8 Å². The third-order valence-electron chi connectivity index (χ3n) is 4.28. The molecule has 5 nitrogen and oxygen atoms in total. The quantitative estimate of drug-likeness (QED) is 0.860. The zero-order valence-corrected chi connectivity index (χ0v) is 14.4. The van der Waals surface area contributed by atoms with Crippen molar-refractivity contribution in [3.05, 3.63) is 46.9 Å². The monoisotopic (exact) mass is 344 g/mol. The summed E-state index contributed by atoms with van der Waals surface area (Å²) >= 11 is 5.93. The number of hydrogen-bond donors (Lipinski definition) is 2. The normalized spacial score (nSPS) is 15.1. The van der Waals surface area contributed by atoms with E-state index in [2.05, 4.69) is 20.6 Å². The lowest BCUT2D eigenvalue weighted by Gasteiger charge is -2.23. The number of benzene rings is 1. The standard InChI is InChI=1S/C18H21ClN4O/c1-12-9-13(19)7-8-15(12)23-18(24)16-10-21-17(11-20-16)22-14-5-3-2-4-6-14/h7-11,14H,2-6H2,1H3,(H,21,22)(H,23,24). The minimum Gasteiger partial charge on any atom is -0.366 e. The van der Waals surface area contributed by atoms with Crippen LogP contribution in [-0.2, 0) is 0 Å². The number of carbonyl (C=O) groups is 1. The summed E-state index contributed by atoms with van der Waals surface area (Å²) < 4.78 is 0. The van der Waals surface area contributed by atoms with Gasteiger partial charge >= 0.3 is 0 Å². The van der Waals surface area contributed by atoms with Crippen molar-refractivity contribution in [1.82, 2.24) is 9.97 Å². The number of nitrogens with one attached hydrogen (secondary N) is 2. The molecular formula is C18H21ClN4O. The van der Waals surface area contributed by atoms with Crippen LogP contribution in [0.4, 0.5) is 11.5 Å². The van der Waals surface area contributed by atoms with Gasteiger partial charge in [0.1, 0.15) is 11.5 Å². The number of amides is 1. The van der Waals surface area contributed by atoms with Crippen molar-refractivity contribution in [2.24, 2.45) is 0 Å². The zero-order valence-electron chi connectivity index (χ0n) is 13.7. The summed E-state index contributed by atoms with van der Waals surface area (Å²) in [5, 5.41) is 6.87. The van der Waals surface area contributed by atoms with E-state index in [1.165, 1.54) is 38.3 Å². The minimum atomic E-state index is -0.280. The first kappa shape index (κ1) is 16.7. The molecule has 1 saturated carbocycles. The van der Waals surface area contributed by atoms with Crippen LogP contribution in [0.15, 0.2) is 30.6 Å². The van der Waals surface area contributed by atoms with E-state index in [4.69, 9.17) is 11.6 Å². The summed E-state index contributed by atoms with van der Waals surface area (Å²) in [7, 11) is 0. The fraction of sp³-hybridized carbons (Fsp3) is 0.389. The van der Waals surface area contributed by atoms with Crippen molar-refractivity contribution in [1.29, 1.82) is 0 Å². The van der Waals surface area contributed by atoms with Gasteiger partial charge < -0.3 is 10.6 Å². The molecule has 0 radical (unpaired) electrons. The minimum absolute atomic E-state index is 0.280. The number of anilines is 2. The molecule has 1 aliphatic rings. The molecule has 24 heavy (non-hydrogen) atoms. The van der Waals surface area contributed by atoms with Crippen molar-refractivity contribution in [3.63, 3.8) is 0 Å². The largest absolute Gasteiger partial charge is 0.366 e. The van der Waals surface area contributed by atoms with E-state index in [-0.39, 0.29) is 5.91 Å². The zero-order chi connectivity index (χ0) is 16.9. The van der Waals surface area contributed by atoms with Gasteiger partial charge in [0.2, 0.25) is 0 Å². The number of hydrogen-bond acceptors (Lipinski definition) is 4. The average Bonchev–Trinajstić information content (AvgIpc) is 2.59. The molecule has 2 aromatic rings. The van der Waals surface area contributed by atoms with Gasteiger partial charge in [0, 0.05) is 16.8 Å². The Balaban J connectivity index is 1.62. The Hall–Kier alpha value is -2.14. The second-order valence-electron chi connectivity index (χ2n) is 6.18. The van der Waals surface area contributed by atoms with Gasteiger partial charge in [0.25, 0.3) is 5.91 Å². The van der Waals surface area contributed by atoms with Crippen LogP contribution >= 0.6 is 11.6 Å². The Bertz CT molecular complexity index is 711. The summed E-state index contributed by atoms with van der Waals surface area (Å²) in [5.41, 5.74) is 1.91. The van der Waals surface area contributed by atoms with Gasteiger partial charge in [0.05, 0.1) is 12.4 Å². The van der Waals surface area contributed by atoms with Crippen LogP contribution in [0.3, 0.4) is 0 Å². The summed E-state index contributed by atoms with van der Waals surface area (Å²) in [6.07, 6.45) is 9.29. The van der Waals surface area contributed by atoms with Crippen molar-refractivity contribution in [2.45, 2.75) is 45.1 Å². The van der Waals surface area contributed by atoms with Crippen LogP contribution in [0.5, 0.6) is 0 Å². The fourth-order valence-electron chi connectivity index (χ4n) is 2.93. The predicted molar refractivity (Wildman–Crippen MR) is 96.7 cm³/mol. The summed E-state index contributed by atoms with van der Waals surface area (Å²) in [6, 6.07) is 5.79. The van der Waals surface area contributed by atoms with Crippen molar-refractivity contribution in [3.8, 4) is 0 Å². The van der Waals surface area contributed by atoms with Crippen LogP contribution in [0, 0.1) is 6.92 Å². The molecule has 1 heterocycles. The molecule has 2 N–H and O–H groups in total. The molecule has 0 unspecified atom stereocenters. The van der Waals surface area contributed by atoms with Crippen LogP contribution in [0.2, 0.25) is 5.02 Å². The number of aromatic nitrogens is 2. The maximum Gasteiger partial charge on any atom is 0.275 e. The Morgan fingerprint density at radius 1 is 1.17 bits per heavy atom. The first-order valence-corrected chi connectivity index (χ1v) is 8.66. The second-order valence-corrected chi connectivity index (χ2v) is 6.62. The second kappa shape index (κ2) is 7.62. The molecule has 126 valence electrons. The smallest absolute Gasteiger partial charge is 0.275 e. The van der Waals surface area contributed by atoms with Crippen LogP contribution < -0.4 is 10.6 Å². The lowest BCUT2D eigenvalue weighted by molar-refractivity contribution is 0.102. The molecule has 1 fully saturated rings. The molecule has 1 aromatic carbocycles. The van der Waals surface area contributed by atoms with Gasteiger partial charge in [-0.05, 0) is 43.5 Å². The molecule has 1 amide bonds. The molecule has 0 spiro atoms. The Morgan fingerprint density at radius 2 is 1.96 bits per heavy atom. The fourth-order valence-corrected chi connectivity index (χ4v) is 3.16. The third kappa shape index (κ3) is 4.23. The van der Waals surface area contributed by atoms with E-state index >= 15 is 0 Å². The van der Waals surface area contributed by atoms with Gasteiger partial charge in [-0.25, -0.2) is 9.97 Å². The highest BCUT2D eigenvalue weighted by atomic mass is 35.5. The van der Waals surface area contributed by atoms with Crippen molar-refractivity contribution >= 4 is 29.0 Å². The molecule has 1 aromatic heterocycles. The van der Waals surface area contributed by atoms with Gasteiger partial charge in [0.15, 0.2) is 0 Å². The first-order chi connectivity index (χ1) is 11.6. The highest BCUT2D eigenvalue weighted by Gasteiger charge is 2.14. The van der Waals surface area contributed by atoms with Gasteiger partial charge in [-0.3, -0.25) is 4.79 Å². The molecule has 0 aliphatic heterocycles. The average molecular weight is 345 g/mol. The third-order valence-corrected chi connectivity index (χ3v) is 4.51. The molecule has 1 aliphatic carbocycles. The Kier molecular flexibility index (Phi) is 5.30. The molecule has 0 saturated heterocycles. The van der Waals surface area contributed by atoms with Crippen LogP contribution in [-0.4, -0.2) is 21.9 Å². The van der Waals surface area contributed by atoms with E-state index in [0.717, 1.165) is 17.1 Å². The van der Waals surface area contributed by atoms with Crippen LogP contribution in [0.25, 0.3) is 0 Å².